The van der Waals surface area contributed by atoms with Gasteiger partial charge in [0.25, 0.3) is 0 Å². The number of methoxy groups -OCH3 is 2. The van der Waals surface area contributed by atoms with E-state index in [0.717, 1.165) is 5.56 Å². The van der Waals surface area contributed by atoms with Gasteiger partial charge >= 0.3 is 6.03 Å². The highest BCUT2D eigenvalue weighted by Gasteiger charge is 2.08. The first kappa shape index (κ1) is 21.7. The van der Waals surface area contributed by atoms with E-state index in [-0.39, 0.29) is 11.9 Å². The van der Waals surface area contributed by atoms with E-state index in [4.69, 9.17) is 9.47 Å². The summed E-state index contributed by atoms with van der Waals surface area (Å²) in [7, 11) is 3.16. The molecule has 0 heterocycles. The Morgan fingerprint density at radius 3 is 2.06 bits per heavy atom. The minimum Gasteiger partial charge on any atom is -0.493 e. The first-order valence-corrected chi connectivity index (χ1v) is 9.81. The van der Waals surface area contributed by atoms with Gasteiger partial charge in [-0.2, -0.15) is 0 Å². The minimum atomic E-state index is -0.358. The lowest BCUT2D eigenvalue weighted by Gasteiger charge is -2.11. The number of carbonyl (C=O) groups excluding carboxylic acids is 2. The van der Waals surface area contributed by atoms with Gasteiger partial charge in [0.05, 0.1) is 14.2 Å². The smallest absolute Gasteiger partial charge is 0.323 e. The summed E-state index contributed by atoms with van der Waals surface area (Å²) in [6.07, 6.45) is 0.866. The van der Waals surface area contributed by atoms with Gasteiger partial charge < -0.3 is 25.4 Å². The Morgan fingerprint density at radius 1 is 0.710 bits per heavy atom. The van der Waals surface area contributed by atoms with Crippen molar-refractivity contribution in [1.82, 2.24) is 0 Å². The predicted molar refractivity (Wildman–Crippen MR) is 122 cm³/mol. The number of carbonyl (C=O) groups is 2. The SMILES string of the molecule is COc1ccc(CCC(=O)Nc2cccc(NC(=O)Nc3ccccc3)c2)cc1OC. The molecule has 0 aromatic heterocycles. The molecule has 7 heteroatoms. The second-order valence-corrected chi connectivity index (χ2v) is 6.76. The van der Waals surface area contributed by atoms with Crippen LogP contribution in [0.2, 0.25) is 0 Å². The number of rotatable bonds is 8. The molecule has 0 aliphatic heterocycles. The molecule has 0 unspecified atom stereocenters. The number of para-hydroxylation sites is 1. The van der Waals surface area contributed by atoms with Gasteiger partial charge in [-0.05, 0) is 54.4 Å². The van der Waals surface area contributed by atoms with Crippen LogP contribution in [0.5, 0.6) is 11.5 Å². The van der Waals surface area contributed by atoms with Crippen molar-refractivity contribution < 1.29 is 19.1 Å². The molecule has 0 fully saturated rings. The predicted octanol–water partition coefficient (Wildman–Crippen LogP) is 4.92. The second kappa shape index (κ2) is 10.7. The Kier molecular flexibility index (Phi) is 7.48. The number of ether oxygens (including phenoxy) is 2. The molecular formula is C24H25N3O4. The lowest BCUT2D eigenvalue weighted by molar-refractivity contribution is -0.116. The van der Waals surface area contributed by atoms with Crippen LogP contribution in [0.3, 0.4) is 0 Å². The zero-order valence-electron chi connectivity index (χ0n) is 17.5. The van der Waals surface area contributed by atoms with Crippen molar-refractivity contribution in [3.05, 3.63) is 78.4 Å². The second-order valence-electron chi connectivity index (χ2n) is 6.76. The molecule has 3 rings (SSSR count). The maximum absolute atomic E-state index is 12.4. The van der Waals surface area contributed by atoms with E-state index in [1.165, 1.54) is 0 Å². The summed E-state index contributed by atoms with van der Waals surface area (Å²) < 4.78 is 10.5. The highest BCUT2D eigenvalue weighted by molar-refractivity contribution is 6.00. The zero-order chi connectivity index (χ0) is 22.1. The molecule has 0 radical (unpaired) electrons. The molecule has 3 amide bonds. The van der Waals surface area contributed by atoms with Crippen molar-refractivity contribution in [1.29, 1.82) is 0 Å². The topological polar surface area (TPSA) is 88.7 Å². The molecule has 0 aliphatic carbocycles. The van der Waals surface area contributed by atoms with E-state index in [9.17, 15) is 9.59 Å². The maximum atomic E-state index is 12.4. The van der Waals surface area contributed by atoms with Crippen LogP contribution in [-0.4, -0.2) is 26.2 Å². The number of benzene rings is 3. The standard InChI is InChI=1S/C24H25N3O4/c1-30-21-13-11-17(15-22(21)31-2)12-14-23(28)25-19-9-6-10-20(16-19)27-24(29)26-18-7-4-3-5-8-18/h3-11,13,15-16H,12,14H2,1-2H3,(H,25,28)(H2,26,27,29). The molecule has 0 aliphatic rings. The molecule has 3 aromatic rings. The minimum absolute atomic E-state index is 0.124. The van der Waals surface area contributed by atoms with Crippen LogP contribution in [0.15, 0.2) is 72.8 Å². The summed E-state index contributed by atoms with van der Waals surface area (Å²) in [6, 6.07) is 21.4. The fourth-order valence-electron chi connectivity index (χ4n) is 3.01. The molecule has 0 bridgehead atoms. The summed E-state index contributed by atoms with van der Waals surface area (Å²) in [5.41, 5.74) is 2.85. The Balaban J connectivity index is 1.53. The Bertz CT molecular complexity index is 1040. The average molecular weight is 419 g/mol. The number of hydrogen-bond acceptors (Lipinski definition) is 4. The molecule has 3 aromatic carbocycles. The van der Waals surface area contributed by atoms with E-state index in [2.05, 4.69) is 16.0 Å². The van der Waals surface area contributed by atoms with E-state index in [0.29, 0.717) is 41.4 Å². The van der Waals surface area contributed by atoms with Crippen molar-refractivity contribution in [3.63, 3.8) is 0 Å². The third-order valence-corrected chi connectivity index (χ3v) is 4.52. The van der Waals surface area contributed by atoms with Crippen molar-refractivity contribution in [2.75, 3.05) is 30.2 Å². The largest absolute Gasteiger partial charge is 0.493 e. The molecule has 7 nitrogen and oxygen atoms in total. The highest BCUT2D eigenvalue weighted by atomic mass is 16.5. The molecule has 160 valence electrons. The summed E-state index contributed by atoms with van der Waals surface area (Å²) in [5.74, 6) is 1.16. The van der Waals surface area contributed by atoms with Crippen LogP contribution in [0.1, 0.15) is 12.0 Å². The van der Waals surface area contributed by atoms with Crippen molar-refractivity contribution in [2.24, 2.45) is 0 Å². The summed E-state index contributed by atoms with van der Waals surface area (Å²) in [4.78, 5) is 24.5. The van der Waals surface area contributed by atoms with Gasteiger partial charge in [0.1, 0.15) is 0 Å². The van der Waals surface area contributed by atoms with Crippen LogP contribution in [0.25, 0.3) is 0 Å². The fourth-order valence-corrected chi connectivity index (χ4v) is 3.01. The highest BCUT2D eigenvalue weighted by Crippen LogP contribution is 2.28. The molecule has 0 saturated carbocycles. The summed E-state index contributed by atoms with van der Waals surface area (Å²) in [6.45, 7) is 0. The number of nitrogens with one attached hydrogen (secondary N) is 3. The maximum Gasteiger partial charge on any atom is 0.323 e. The van der Waals surface area contributed by atoms with Crippen LogP contribution in [-0.2, 0) is 11.2 Å². The molecule has 0 saturated heterocycles. The van der Waals surface area contributed by atoms with Crippen LogP contribution < -0.4 is 25.4 Å². The van der Waals surface area contributed by atoms with Gasteiger partial charge in [-0.1, -0.05) is 30.3 Å². The zero-order valence-corrected chi connectivity index (χ0v) is 17.5. The first-order chi connectivity index (χ1) is 15.1. The van der Waals surface area contributed by atoms with E-state index >= 15 is 0 Å². The van der Waals surface area contributed by atoms with Gasteiger partial charge in [0, 0.05) is 23.5 Å². The van der Waals surface area contributed by atoms with Crippen LogP contribution in [0, 0.1) is 0 Å². The van der Waals surface area contributed by atoms with Gasteiger partial charge in [0.2, 0.25) is 5.91 Å². The van der Waals surface area contributed by atoms with Gasteiger partial charge in [0.15, 0.2) is 11.5 Å². The number of urea groups is 1. The quantitative estimate of drug-likeness (QED) is 0.484. The van der Waals surface area contributed by atoms with E-state index < -0.39 is 0 Å². The fraction of sp³-hybridized carbons (Fsp3) is 0.167. The van der Waals surface area contributed by atoms with Gasteiger partial charge in [-0.15, -0.1) is 0 Å². The van der Waals surface area contributed by atoms with Crippen molar-refractivity contribution in [3.8, 4) is 11.5 Å². The van der Waals surface area contributed by atoms with E-state index in [1.54, 1.807) is 50.6 Å². The Morgan fingerprint density at radius 2 is 1.35 bits per heavy atom. The number of hydrogen-bond donors (Lipinski definition) is 3. The molecule has 31 heavy (non-hydrogen) atoms. The molecule has 0 atom stereocenters. The Labute approximate surface area is 181 Å². The van der Waals surface area contributed by atoms with Crippen molar-refractivity contribution in [2.45, 2.75) is 12.8 Å². The molecular weight excluding hydrogens is 394 g/mol. The van der Waals surface area contributed by atoms with E-state index in [1.807, 2.05) is 36.4 Å². The summed E-state index contributed by atoms with van der Waals surface area (Å²) in [5, 5.41) is 8.37. The third kappa shape index (κ3) is 6.50. The average Bonchev–Trinajstić information content (AvgIpc) is 2.78. The Hall–Kier alpha value is -4.00. The number of aryl methyl sites for hydroxylation is 1. The number of amides is 3. The first-order valence-electron chi connectivity index (χ1n) is 9.81. The summed E-state index contributed by atoms with van der Waals surface area (Å²) >= 11 is 0. The van der Waals surface area contributed by atoms with Crippen LogP contribution in [0.4, 0.5) is 21.9 Å². The molecule has 0 spiro atoms. The third-order valence-electron chi connectivity index (χ3n) is 4.52. The van der Waals surface area contributed by atoms with Gasteiger partial charge in [-0.25, -0.2) is 4.79 Å². The lowest BCUT2D eigenvalue weighted by Crippen LogP contribution is -2.19. The van der Waals surface area contributed by atoms with Crippen LogP contribution >= 0.6 is 0 Å². The lowest BCUT2D eigenvalue weighted by atomic mass is 10.1. The van der Waals surface area contributed by atoms with Gasteiger partial charge in [-0.3, -0.25) is 4.79 Å². The van der Waals surface area contributed by atoms with Crippen molar-refractivity contribution >= 4 is 29.0 Å². The molecule has 3 N–H and O–H groups in total. The number of anilines is 3. The normalized spacial score (nSPS) is 10.1. The monoisotopic (exact) mass is 419 g/mol.